The van der Waals surface area contributed by atoms with Gasteiger partial charge in [0.15, 0.2) is 0 Å². The average molecular weight is 303 g/mol. The van der Waals surface area contributed by atoms with Crippen LogP contribution in [0.1, 0.15) is 32.8 Å². The van der Waals surface area contributed by atoms with Crippen LogP contribution in [0.5, 0.6) is 5.75 Å². The van der Waals surface area contributed by atoms with Gasteiger partial charge in [0.1, 0.15) is 17.2 Å². The highest BCUT2D eigenvalue weighted by molar-refractivity contribution is 5.49. The van der Waals surface area contributed by atoms with Crippen molar-refractivity contribution in [3.63, 3.8) is 0 Å². The highest BCUT2D eigenvalue weighted by atomic mass is 16.5. The van der Waals surface area contributed by atoms with Crippen LogP contribution in [0.2, 0.25) is 0 Å². The van der Waals surface area contributed by atoms with Crippen LogP contribution in [0.15, 0.2) is 12.3 Å². The molecule has 0 amide bonds. The van der Waals surface area contributed by atoms with Crippen LogP contribution < -0.4 is 15.0 Å². The SMILES string of the molecule is C[C@@H]1CN(c2cc3c(cn2)O[C@]2(CN[C@@H](C)C2)C3)C[C@@H](C)O1. The van der Waals surface area contributed by atoms with Crippen molar-refractivity contribution in [1.82, 2.24) is 10.3 Å². The summed E-state index contributed by atoms with van der Waals surface area (Å²) in [6, 6.07) is 2.75. The molecule has 4 atom stereocenters. The van der Waals surface area contributed by atoms with Gasteiger partial charge in [-0.05, 0) is 26.8 Å². The molecule has 0 radical (unpaired) electrons. The average Bonchev–Trinajstić information content (AvgIpc) is 2.99. The lowest BCUT2D eigenvalue weighted by Crippen LogP contribution is -2.45. The maximum Gasteiger partial charge on any atom is 0.142 e. The monoisotopic (exact) mass is 303 g/mol. The molecule has 22 heavy (non-hydrogen) atoms. The number of fused-ring (bicyclic) bond motifs is 1. The van der Waals surface area contributed by atoms with E-state index in [1.165, 1.54) is 5.56 Å². The second kappa shape index (κ2) is 5.10. The molecule has 2 saturated heterocycles. The lowest BCUT2D eigenvalue weighted by Gasteiger charge is -2.36. The zero-order valence-electron chi connectivity index (χ0n) is 13.6. The van der Waals surface area contributed by atoms with Crippen LogP contribution in [0, 0.1) is 0 Å². The Morgan fingerprint density at radius 2 is 2.05 bits per heavy atom. The van der Waals surface area contributed by atoms with Crippen molar-refractivity contribution in [3.05, 3.63) is 17.8 Å². The number of nitrogens with one attached hydrogen (secondary N) is 1. The number of ether oxygens (including phenoxy) is 2. The van der Waals surface area contributed by atoms with E-state index in [0.29, 0.717) is 6.04 Å². The van der Waals surface area contributed by atoms with Crippen molar-refractivity contribution in [2.75, 3.05) is 24.5 Å². The van der Waals surface area contributed by atoms with E-state index in [1.54, 1.807) is 0 Å². The molecule has 5 heteroatoms. The topological polar surface area (TPSA) is 46.6 Å². The summed E-state index contributed by atoms with van der Waals surface area (Å²) in [5, 5.41) is 3.50. The quantitative estimate of drug-likeness (QED) is 0.856. The largest absolute Gasteiger partial charge is 0.484 e. The minimum absolute atomic E-state index is 0.0480. The van der Waals surface area contributed by atoms with Gasteiger partial charge in [-0.15, -0.1) is 0 Å². The molecule has 1 N–H and O–H groups in total. The standard InChI is InChI=1S/C17H25N3O2/c1-11-5-17(10-19-11)6-14-4-16(18-7-15(14)22-17)20-8-12(2)21-13(3)9-20/h4,7,11-13,19H,5-6,8-10H2,1-3H3/t11-,12+,13+,17-/m0/s1. The second-order valence-electron chi connectivity index (χ2n) is 7.26. The third-order valence-corrected chi connectivity index (χ3v) is 4.97. The molecule has 120 valence electrons. The molecule has 0 aliphatic carbocycles. The number of anilines is 1. The van der Waals surface area contributed by atoms with Gasteiger partial charge in [-0.2, -0.15) is 0 Å². The lowest BCUT2D eigenvalue weighted by molar-refractivity contribution is -0.00546. The zero-order valence-corrected chi connectivity index (χ0v) is 13.6. The van der Waals surface area contributed by atoms with E-state index in [-0.39, 0.29) is 17.8 Å². The Morgan fingerprint density at radius 3 is 2.73 bits per heavy atom. The summed E-state index contributed by atoms with van der Waals surface area (Å²) < 4.78 is 12.1. The predicted octanol–water partition coefficient (Wildman–Crippen LogP) is 1.75. The van der Waals surface area contributed by atoms with E-state index in [0.717, 1.165) is 44.0 Å². The van der Waals surface area contributed by atoms with E-state index < -0.39 is 0 Å². The molecule has 1 spiro atoms. The van der Waals surface area contributed by atoms with E-state index in [9.17, 15) is 0 Å². The van der Waals surface area contributed by atoms with Gasteiger partial charge >= 0.3 is 0 Å². The molecule has 0 saturated carbocycles. The molecule has 5 nitrogen and oxygen atoms in total. The number of hydrogen-bond acceptors (Lipinski definition) is 5. The minimum atomic E-state index is -0.0480. The summed E-state index contributed by atoms with van der Waals surface area (Å²) in [5.74, 6) is 2.02. The van der Waals surface area contributed by atoms with Gasteiger partial charge in [0, 0.05) is 44.1 Å². The molecule has 4 heterocycles. The third kappa shape index (κ3) is 2.46. The van der Waals surface area contributed by atoms with Gasteiger partial charge in [-0.1, -0.05) is 0 Å². The van der Waals surface area contributed by atoms with Crippen molar-refractivity contribution < 1.29 is 9.47 Å². The summed E-state index contributed by atoms with van der Waals surface area (Å²) in [6.45, 7) is 9.21. The van der Waals surface area contributed by atoms with Gasteiger partial charge in [0.05, 0.1) is 18.4 Å². The Labute approximate surface area is 132 Å². The fourth-order valence-corrected chi connectivity index (χ4v) is 4.13. The molecule has 4 rings (SSSR count). The van der Waals surface area contributed by atoms with Crippen LogP contribution in [0.4, 0.5) is 5.82 Å². The molecule has 0 aromatic carbocycles. The van der Waals surface area contributed by atoms with Crippen molar-refractivity contribution in [2.45, 2.75) is 57.5 Å². The minimum Gasteiger partial charge on any atom is -0.484 e. The number of nitrogens with zero attached hydrogens (tertiary/aromatic N) is 2. The highest BCUT2D eigenvalue weighted by Gasteiger charge is 2.44. The van der Waals surface area contributed by atoms with Crippen LogP contribution >= 0.6 is 0 Å². The Kier molecular flexibility index (Phi) is 3.31. The number of morpholine rings is 1. The number of hydrogen-bond donors (Lipinski definition) is 1. The smallest absolute Gasteiger partial charge is 0.142 e. The molecule has 0 unspecified atom stereocenters. The number of pyridine rings is 1. The zero-order chi connectivity index (χ0) is 15.3. The highest BCUT2D eigenvalue weighted by Crippen LogP contribution is 2.40. The molecular weight excluding hydrogens is 278 g/mol. The van der Waals surface area contributed by atoms with E-state index >= 15 is 0 Å². The van der Waals surface area contributed by atoms with Crippen molar-refractivity contribution in [3.8, 4) is 5.75 Å². The van der Waals surface area contributed by atoms with Gasteiger partial charge in [0.2, 0.25) is 0 Å². The molecule has 1 aromatic rings. The van der Waals surface area contributed by atoms with E-state index in [1.807, 2.05) is 6.20 Å². The molecule has 3 aliphatic heterocycles. The molecule has 2 fully saturated rings. The summed E-state index contributed by atoms with van der Waals surface area (Å²) in [6.07, 6.45) is 4.48. The van der Waals surface area contributed by atoms with E-state index in [4.69, 9.17) is 9.47 Å². The van der Waals surface area contributed by atoms with Crippen LogP contribution in [-0.4, -0.2) is 48.5 Å². The normalized spacial score (nSPS) is 37.4. The second-order valence-corrected chi connectivity index (χ2v) is 7.26. The third-order valence-electron chi connectivity index (χ3n) is 4.97. The van der Waals surface area contributed by atoms with Crippen LogP contribution in [0.3, 0.4) is 0 Å². The van der Waals surface area contributed by atoms with Crippen molar-refractivity contribution in [1.29, 1.82) is 0 Å². The van der Waals surface area contributed by atoms with Gasteiger partial charge in [0.25, 0.3) is 0 Å². The Morgan fingerprint density at radius 1 is 1.27 bits per heavy atom. The Bertz CT molecular complexity index is 569. The Hall–Kier alpha value is -1.33. The first-order valence-electron chi connectivity index (χ1n) is 8.35. The number of rotatable bonds is 1. The molecular formula is C17H25N3O2. The molecule has 3 aliphatic rings. The summed E-state index contributed by atoms with van der Waals surface area (Å²) in [5.41, 5.74) is 1.25. The first kappa shape index (κ1) is 14.3. The lowest BCUT2D eigenvalue weighted by atomic mass is 9.95. The molecule has 1 aromatic heterocycles. The Balaban J connectivity index is 1.55. The maximum atomic E-state index is 6.24. The number of aromatic nitrogens is 1. The van der Waals surface area contributed by atoms with Gasteiger partial charge in [-0.25, -0.2) is 4.98 Å². The van der Waals surface area contributed by atoms with Crippen LogP contribution in [-0.2, 0) is 11.2 Å². The fourth-order valence-electron chi connectivity index (χ4n) is 4.13. The maximum absolute atomic E-state index is 6.24. The summed E-state index contributed by atoms with van der Waals surface area (Å²) in [7, 11) is 0. The van der Waals surface area contributed by atoms with Gasteiger partial charge < -0.3 is 19.7 Å². The van der Waals surface area contributed by atoms with Crippen LogP contribution in [0.25, 0.3) is 0 Å². The van der Waals surface area contributed by atoms with Crippen molar-refractivity contribution >= 4 is 5.82 Å². The summed E-state index contributed by atoms with van der Waals surface area (Å²) >= 11 is 0. The van der Waals surface area contributed by atoms with E-state index in [2.05, 4.69) is 42.0 Å². The molecule has 0 bridgehead atoms. The summed E-state index contributed by atoms with van der Waals surface area (Å²) in [4.78, 5) is 6.97. The van der Waals surface area contributed by atoms with Crippen molar-refractivity contribution in [2.24, 2.45) is 0 Å². The fraction of sp³-hybridized carbons (Fsp3) is 0.706. The first-order chi connectivity index (χ1) is 10.5. The first-order valence-corrected chi connectivity index (χ1v) is 8.35. The predicted molar refractivity (Wildman–Crippen MR) is 85.6 cm³/mol. The van der Waals surface area contributed by atoms with Gasteiger partial charge in [-0.3, -0.25) is 0 Å².